The highest BCUT2D eigenvalue weighted by atomic mass is 16.5. The second-order valence-corrected chi connectivity index (χ2v) is 4.95. The first-order chi connectivity index (χ1) is 10.7. The zero-order valence-corrected chi connectivity index (χ0v) is 12.4. The molecule has 1 aromatic carbocycles. The number of carbonyl (C=O) groups excluding carboxylic acids is 1. The molecule has 5 heteroatoms. The average molecular weight is 296 g/mol. The molecular formula is C17H16N2O3. The van der Waals surface area contributed by atoms with Gasteiger partial charge < -0.3 is 13.9 Å². The van der Waals surface area contributed by atoms with E-state index in [1.165, 1.54) is 0 Å². The molecule has 0 amide bonds. The van der Waals surface area contributed by atoms with Gasteiger partial charge in [-0.25, -0.2) is 9.78 Å². The summed E-state index contributed by atoms with van der Waals surface area (Å²) in [6.07, 6.45) is 3.43. The molecule has 0 aliphatic heterocycles. The minimum Gasteiger partial charge on any atom is -0.497 e. The first-order valence-electron chi connectivity index (χ1n) is 6.91. The highest BCUT2D eigenvalue weighted by molar-refractivity contribution is 5.91. The summed E-state index contributed by atoms with van der Waals surface area (Å²) >= 11 is 0. The van der Waals surface area contributed by atoms with Crippen LogP contribution in [0.1, 0.15) is 21.6 Å². The lowest BCUT2D eigenvalue weighted by molar-refractivity contribution is 0.0471. The summed E-state index contributed by atoms with van der Waals surface area (Å²) in [7, 11) is 1.62. The lowest BCUT2D eigenvalue weighted by Crippen LogP contribution is -2.09. The number of benzene rings is 1. The van der Waals surface area contributed by atoms with E-state index in [4.69, 9.17) is 9.47 Å². The molecule has 3 aromatic rings. The Hall–Kier alpha value is -2.82. The molecule has 2 heterocycles. The third-order valence-corrected chi connectivity index (χ3v) is 3.59. The fraction of sp³-hybridized carbons (Fsp3) is 0.176. The molecule has 22 heavy (non-hydrogen) atoms. The van der Waals surface area contributed by atoms with E-state index in [1.54, 1.807) is 25.7 Å². The van der Waals surface area contributed by atoms with Crippen LogP contribution in [0.2, 0.25) is 0 Å². The molecule has 0 radical (unpaired) electrons. The summed E-state index contributed by atoms with van der Waals surface area (Å²) in [6.45, 7) is 2.10. The van der Waals surface area contributed by atoms with Crippen molar-refractivity contribution < 1.29 is 14.3 Å². The molecule has 0 spiro atoms. The Morgan fingerprint density at radius 3 is 2.68 bits per heavy atom. The standard InChI is InChI=1S/C17H16N2O3/c1-12-16(8-5-14-9-18-11-19(12)14)17(20)22-10-13-3-6-15(21-2)7-4-13/h3-9,11H,10H2,1-2H3. The molecule has 0 saturated carbocycles. The van der Waals surface area contributed by atoms with Crippen molar-refractivity contribution in [2.45, 2.75) is 13.5 Å². The Morgan fingerprint density at radius 1 is 1.18 bits per heavy atom. The summed E-state index contributed by atoms with van der Waals surface area (Å²) in [6, 6.07) is 11.0. The van der Waals surface area contributed by atoms with Crippen LogP contribution in [0, 0.1) is 6.92 Å². The summed E-state index contributed by atoms with van der Waals surface area (Å²) in [5.41, 5.74) is 3.22. The van der Waals surface area contributed by atoms with Crippen molar-refractivity contribution in [1.29, 1.82) is 0 Å². The number of carbonyl (C=O) groups is 1. The first-order valence-corrected chi connectivity index (χ1v) is 6.91. The molecule has 3 rings (SSSR count). The molecule has 2 aromatic heterocycles. The number of hydrogen-bond acceptors (Lipinski definition) is 4. The fourth-order valence-corrected chi connectivity index (χ4v) is 2.29. The molecule has 112 valence electrons. The van der Waals surface area contributed by atoms with Crippen LogP contribution in [0.5, 0.6) is 5.75 Å². The topological polar surface area (TPSA) is 52.8 Å². The summed E-state index contributed by atoms with van der Waals surface area (Å²) in [4.78, 5) is 16.3. The predicted molar refractivity (Wildman–Crippen MR) is 82.0 cm³/mol. The van der Waals surface area contributed by atoms with Crippen LogP contribution in [0.3, 0.4) is 0 Å². The first kappa shape index (κ1) is 14.1. The quantitative estimate of drug-likeness (QED) is 0.694. The minimum atomic E-state index is -0.344. The van der Waals surface area contributed by atoms with Gasteiger partial charge in [0.25, 0.3) is 0 Å². The van der Waals surface area contributed by atoms with Crippen molar-refractivity contribution >= 4 is 11.5 Å². The fourth-order valence-electron chi connectivity index (χ4n) is 2.29. The average Bonchev–Trinajstić information content (AvgIpc) is 3.03. The zero-order chi connectivity index (χ0) is 15.5. The third kappa shape index (κ3) is 2.65. The Kier molecular flexibility index (Phi) is 3.78. The van der Waals surface area contributed by atoms with Crippen LogP contribution >= 0.6 is 0 Å². The van der Waals surface area contributed by atoms with E-state index in [1.807, 2.05) is 41.7 Å². The van der Waals surface area contributed by atoms with E-state index >= 15 is 0 Å². The predicted octanol–water partition coefficient (Wildman–Crippen LogP) is 3.01. The number of imidazole rings is 1. The molecule has 0 aliphatic rings. The largest absolute Gasteiger partial charge is 0.497 e. The summed E-state index contributed by atoms with van der Waals surface area (Å²) in [5.74, 6) is 0.431. The lowest BCUT2D eigenvalue weighted by atomic mass is 10.2. The zero-order valence-electron chi connectivity index (χ0n) is 12.4. The molecule has 0 N–H and O–H groups in total. The molecule has 0 atom stereocenters. The Bertz CT molecular complexity index is 806. The number of aromatic nitrogens is 2. The molecule has 0 unspecified atom stereocenters. The van der Waals surface area contributed by atoms with Crippen molar-refractivity contribution in [1.82, 2.24) is 9.38 Å². The van der Waals surface area contributed by atoms with Crippen molar-refractivity contribution in [3.05, 3.63) is 65.7 Å². The smallest absolute Gasteiger partial charge is 0.340 e. The van der Waals surface area contributed by atoms with Gasteiger partial charge in [0.15, 0.2) is 0 Å². The van der Waals surface area contributed by atoms with Crippen molar-refractivity contribution in [3.63, 3.8) is 0 Å². The number of ether oxygens (including phenoxy) is 2. The van der Waals surface area contributed by atoms with Gasteiger partial charge in [-0.05, 0) is 36.8 Å². The third-order valence-electron chi connectivity index (χ3n) is 3.59. The van der Waals surface area contributed by atoms with Crippen LogP contribution in [0.15, 0.2) is 48.9 Å². The van der Waals surface area contributed by atoms with Gasteiger partial charge in [0.05, 0.1) is 30.7 Å². The summed E-state index contributed by atoms with van der Waals surface area (Å²) < 4.78 is 12.3. The van der Waals surface area contributed by atoms with Crippen LogP contribution in [-0.2, 0) is 11.3 Å². The van der Waals surface area contributed by atoms with Gasteiger partial charge in [-0.1, -0.05) is 12.1 Å². The molecule has 0 saturated heterocycles. The molecule has 0 fully saturated rings. The number of fused-ring (bicyclic) bond motifs is 1. The maximum absolute atomic E-state index is 12.2. The highest BCUT2D eigenvalue weighted by Gasteiger charge is 2.13. The molecule has 0 aliphatic carbocycles. The highest BCUT2D eigenvalue weighted by Crippen LogP contribution is 2.16. The van der Waals surface area contributed by atoms with Gasteiger partial charge in [0, 0.05) is 5.69 Å². The van der Waals surface area contributed by atoms with Crippen molar-refractivity contribution in [2.24, 2.45) is 0 Å². The van der Waals surface area contributed by atoms with Crippen molar-refractivity contribution in [3.8, 4) is 5.75 Å². The van der Waals surface area contributed by atoms with Gasteiger partial charge in [0.1, 0.15) is 12.4 Å². The number of methoxy groups -OCH3 is 1. The van der Waals surface area contributed by atoms with Crippen LogP contribution in [0.25, 0.3) is 5.52 Å². The SMILES string of the molecule is COc1ccc(COC(=O)c2ccc3cncn3c2C)cc1. The Morgan fingerprint density at radius 2 is 1.95 bits per heavy atom. The number of nitrogens with zero attached hydrogens (tertiary/aromatic N) is 2. The lowest BCUT2D eigenvalue weighted by Gasteiger charge is -2.09. The van der Waals surface area contributed by atoms with Crippen molar-refractivity contribution in [2.75, 3.05) is 7.11 Å². The summed E-state index contributed by atoms with van der Waals surface area (Å²) in [5, 5.41) is 0. The number of pyridine rings is 1. The Labute approximate surface area is 128 Å². The van der Waals surface area contributed by atoms with E-state index < -0.39 is 0 Å². The maximum atomic E-state index is 12.2. The van der Waals surface area contributed by atoms with E-state index in [9.17, 15) is 4.79 Å². The van der Waals surface area contributed by atoms with Crippen LogP contribution < -0.4 is 4.74 Å². The van der Waals surface area contributed by atoms with E-state index in [0.29, 0.717) is 5.56 Å². The molecule has 0 bridgehead atoms. The van der Waals surface area contributed by atoms with Crippen LogP contribution in [0.4, 0.5) is 0 Å². The Balaban J connectivity index is 1.73. The number of hydrogen-bond donors (Lipinski definition) is 0. The van der Waals surface area contributed by atoms with E-state index in [0.717, 1.165) is 22.5 Å². The number of aryl methyl sites for hydroxylation is 1. The van der Waals surface area contributed by atoms with E-state index in [-0.39, 0.29) is 12.6 Å². The molecular weight excluding hydrogens is 280 g/mol. The van der Waals surface area contributed by atoms with Crippen LogP contribution in [-0.4, -0.2) is 22.5 Å². The molecule has 5 nitrogen and oxygen atoms in total. The van der Waals surface area contributed by atoms with E-state index in [2.05, 4.69) is 4.98 Å². The van der Waals surface area contributed by atoms with Gasteiger partial charge in [-0.2, -0.15) is 0 Å². The maximum Gasteiger partial charge on any atom is 0.340 e. The number of rotatable bonds is 4. The monoisotopic (exact) mass is 296 g/mol. The number of esters is 1. The normalized spacial score (nSPS) is 10.6. The van der Waals surface area contributed by atoms with Gasteiger partial charge in [-0.3, -0.25) is 0 Å². The van der Waals surface area contributed by atoms with Gasteiger partial charge >= 0.3 is 5.97 Å². The second kappa shape index (κ2) is 5.89. The minimum absolute atomic E-state index is 0.226. The second-order valence-electron chi connectivity index (χ2n) is 4.95. The van der Waals surface area contributed by atoms with Gasteiger partial charge in [0.2, 0.25) is 0 Å². The van der Waals surface area contributed by atoms with Gasteiger partial charge in [-0.15, -0.1) is 0 Å².